The largest absolute Gasteiger partial charge is 0.497 e. The second kappa shape index (κ2) is 6.00. The number of fused-ring (bicyclic) bond motifs is 3. The van der Waals surface area contributed by atoms with Gasteiger partial charge >= 0.3 is 0 Å². The molecule has 2 aliphatic rings. The van der Waals surface area contributed by atoms with E-state index >= 15 is 0 Å². The summed E-state index contributed by atoms with van der Waals surface area (Å²) >= 11 is 0. The Balaban J connectivity index is 2.07. The van der Waals surface area contributed by atoms with Crippen LogP contribution in [0.3, 0.4) is 0 Å². The minimum absolute atomic E-state index is 0.378. The molecule has 0 aromatic heterocycles. The Morgan fingerprint density at radius 3 is 3.00 bits per heavy atom. The SMILES string of the molecule is CCCCC12CCNC(C)C1CCc1ccc(OC)cc12. The molecular weight excluding hydrogens is 258 g/mol. The third-order valence-corrected chi connectivity index (χ3v) is 5.91. The Kier molecular flexibility index (Phi) is 4.26. The first-order valence-corrected chi connectivity index (χ1v) is 8.62. The van der Waals surface area contributed by atoms with E-state index in [0.29, 0.717) is 11.5 Å². The number of hydrogen-bond acceptors (Lipinski definition) is 2. The van der Waals surface area contributed by atoms with Crippen molar-refractivity contribution in [2.45, 2.75) is 63.8 Å². The fraction of sp³-hybridized carbons (Fsp3) is 0.684. The van der Waals surface area contributed by atoms with E-state index in [2.05, 4.69) is 37.4 Å². The molecule has 0 spiro atoms. The van der Waals surface area contributed by atoms with E-state index < -0.39 is 0 Å². The van der Waals surface area contributed by atoms with Crippen molar-refractivity contribution in [2.75, 3.05) is 13.7 Å². The number of nitrogens with one attached hydrogen (secondary N) is 1. The van der Waals surface area contributed by atoms with Gasteiger partial charge in [0.05, 0.1) is 7.11 Å². The number of rotatable bonds is 4. The molecule has 0 amide bonds. The Hall–Kier alpha value is -1.02. The molecule has 1 saturated heterocycles. The molecule has 3 rings (SSSR count). The number of ether oxygens (including phenoxy) is 1. The van der Waals surface area contributed by atoms with Gasteiger partial charge in [-0.15, -0.1) is 0 Å². The van der Waals surface area contributed by atoms with Gasteiger partial charge in [0.2, 0.25) is 0 Å². The minimum atomic E-state index is 0.378. The van der Waals surface area contributed by atoms with Crippen LogP contribution in [0.5, 0.6) is 5.75 Å². The highest BCUT2D eigenvalue weighted by Gasteiger charge is 2.47. The van der Waals surface area contributed by atoms with Crippen molar-refractivity contribution in [1.82, 2.24) is 5.32 Å². The second-order valence-corrected chi connectivity index (χ2v) is 6.92. The third-order valence-electron chi connectivity index (χ3n) is 5.91. The van der Waals surface area contributed by atoms with Gasteiger partial charge in [0.1, 0.15) is 5.75 Å². The topological polar surface area (TPSA) is 21.3 Å². The van der Waals surface area contributed by atoms with Crippen LogP contribution in [0.2, 0.25) is 0 Å². The quantitative estimate of drug-likeness (QED) is 0.901. The van der Waals surface area contributed by atoms with Crippen molar-refractivity contribution in [1.29, 1.82) is 0 Å². The highest BCUT2D eigenvalue weighted by atomic mass is 16.5. The van der Waals surface area contributed by atoms with Gasteiger partial charge in [-0.25, -0.2) is 0 Å². The summed E-state index contributed by atoms with van der Waals surface area (Å²) in [4.78, 5) is 0. The number of hydrogen-bond donors (Lipinski definition) is 1. The maximum atomic E-state index is 5.52. The lowest BCUT2D eigenvalue weighted by Crippen LogP contribution is -2.55. The van der Waals surface area contributed by atoms with Crippen LogP contribution in [0.1, 0.15) is 57.1 Å². The molecule has 116 valence electrons. The van der Waals surface area contributed by atoms with Gasteiger partial charge in [0, 0.05) is 11.5 Å². The molecule has 1 aromatic rings. The summed E-state index contributed by atoms with van der Waals surface area (Å²) in [6.07, 6.45) is 7.79. The van der Waals surface area contributed by atoms with Crippen LogP contribution in [-0.4, -0.2) is 19.7 Å². The average Bonchev–Trinajstić information content (AvgIpc) is 2.52. The zero-order valence-electron chi connectivity index (χ0n) is 13.7. The fourth-order valence-electron chi connectivity index (χ4n) is 4.80. The molecule has 3 unspecified atom stereocenters. The first-order valence-electron chi connectivity index (χ1n) is 8.62. The first kappa shape index (κ1) is 14.9. The van der Waals surface area contributed by atoms with Crippen molar-refractivity contribution in [3.63, 3.8) is 0 Å². The molecule has 1 aromatic carbocycles. The highest BCUT2D eigenvalue weighted by Crippen LogP contribution is 2.51. The van der Waals surface area contributed by atoms with Crippen molar-refractivity contribution >= 4 is 0 Å². The molecule has 1 aliphatic carbocycles. The monoisotopic (exact) mass is 287 g/mol. The minimum Gasteiger partial charge on any atom is -0.497 e. The van der Waals surface area contributed by atoms with E-state index in [1.165, 1.54) is 38.5 Å². The summed E-state index contributed by atoms with van der Waals surface area (Å²) in [5.41, 5.74) is 3.54. The van der Waals surface area contributed by atoms with Gasteiger partial charge < -0.3 is 10.1 Å². The lowest BCUT2D eigenvalue weighted by atomic mass is 9.56. The number of benzene rings is 1. The fourth-order valence-corrected chi connectivity index (χ4v) is 4.80. The average molecular weight is 287 g/mol. The van der Waals surface area contributed by atoms with Crippen molar-refractivity contribution in [3.05, 3.63) is 29.3 Å². The van der Waals surface area contributed by atoms with E-state index in [1.54, 1.807) is 18.2 Å². The van der Waals surface area contributed by atoms with Gasteiger partial charge in [-0.1, -0.05) is 25.8 Å². The Labute approximate surface area is 129 Å². The molecule has 3 atom stereocenters. The van der Waals surface area contributed by atoms with E-state index in [-0.39, 0.29) is 0 Å². The molecule has 1 fully saturated rings. The maximum absolute atomic E-state index is 5.52. The maximum Gasteiger partial charge on any atom is 0.119 e. The number of unbranched alkanes of at least 4 members (excludes halogenated alkanes) is 1. The van der Waals surface area contributed by atoms with Crippen LogP contribution in [0.4, 0.5) is 0 Å². The van der Waals surface area contributed by atoms with E-state index in [4.69, 9.17) is 4.74 Å². The van der Waals surface area contributed by atoms with Crippen LogP contribution in [0.15, 0.2) is 18.2 Å². The lowest BCUT2D eigenvalue weighted by Gasteiger charge is -2.52. The smallest absolute Gasteiger partial charge is 0.119 e. The van der Waals surface area contributed by atoms with Gasteiger partial charge in [0.15, 0.2) is 0 Å². The van der Waals surface area contributed by atoms with Crippen molar-refractivity contribution in [3.8, 4) is 5.75 Å². The van der Waals surface area contributed by atoms with Gasteiger partial charge in [-0.2, -0.15) is 0 Å². The molecule has 2 nitrogen and oxygen atoms in total. The molecule has 1 N–H and O–H groups in total. The summed E-state index contributed by atoms with van der Waals surface area (Å²) in [7, 11) is 1.78. The number of methoxy groups -OCH3 is 1. The van der Waals surface area contributed by atoms with E-state index in [9.17, 15) is 0 Å². The van der Waals surface area contributed by atoms with Gasteiger partial charge in [-0.3, -0.25) is 0 Å². The number of aryl methyl sites for hydroxylation is 1. The molecule has 0 radical (unpaired) electrons. The Morgan fingerprint density at radius 2 is 2.24 bits per heavy atom. The van der Waals surface area contributed by atoms with Crippen LogP contribution in [0.25, 0.3) is 0 Å². The highest BCUT2D eigenvalue weighted by molar-refractivity contribution is 5.44. The van der Waals surface area contributed by atoms with Crippen LogP contribution < -0.4 is 10.1 Å². The van der Waals surface area contributed by atoms with E-state index in [0.717, 1.165) is 18.2 Å². The summed E-state index contributed by atoms with van der Waals surface area (Å²) in [6, 6.07) is 7.42. The molecule has 1 aliphatic heterocycles. The molecule has 1 heterocycles. The van der Waals surface area contributed by atoms with Crippen molar-refractivity contribution in [2.24, 2.45) is 5.92 Å². The number of piperidine rings is 1. The zero-order chi connectivity index (χ0) is 14.9. The first-order chi connectivity index (χ1) is 10.2. The summed E-state index contributed by atoms with van der Waals surface area (Å²) < 4.78 is 5.52. The van der Waals surface area contributed by atoms with Gasteiger partial charge in [-0.05, 0) is 68.3 Å². The van der Waals surface area contributed by atoms with Crippen LogP contribution in [0, 0.1) is 5.92 Å². The second-order valence-electron chi connectivity index (χ2n) is 6.92. The van der Waals surface area contributed by atoms with Crippen LogP contribution >= 0.6 is 0 Å². The normalized spacial score (nSPS) is 31.4. The Morgan fingerprint density at radius 1 is 1.38 bits per heavy atom. The predicted octanol–water partition coefficient (Wildman–Crippen LogP) is 4.07. The standard InChI is InChI=1S/C19H29NO/c1-4-5-10-19-11-12-20-14(2)17(19)9-7-15-6-8-16(21-3)13-18(15)19/h6,8,13-14,17,20H,4-5,7,9-12H2,1-3H3. The molecule has 2 heteroatoms. The predicted molar refractivity (Wildman–Crippen MR) is 88.1 cm³/mol. The molecule has 21 heavy (non-hydrogen) atoms. The van der Waals surface area contributed by atoms with Gasteiger partial charge in [0.25, 0.3) is 0 Å². The lowest BCUT2D eigenvalue weighted by molar-refractivity contribution is 0.118. The van der Waals surface area contributed by atoms with Crippen molar-refractivity contribution < 1.29 is 4.74 Å². The van der Waals surface area contributed by atoms with Crippen LogP contribution in [-0.2, 0) is 11.8 Å². The molecular formula is C19H29NO. The third kappa shape index (κ3) is 2.48. The summed E-state index contributed by atoms with van der Waals surface area (Å²) in [6.45, 7) is 5.85. The molecule has 0 saturated carbocycles. The summed E-state index contributed by atoms with van der Waals surface area (Å²) in [5.74, 6) is 1.80. The Bertz CT molecular complexity index is 498. The molecule has 0 bridgehead atoms. The zero-order valence-corrected chi connectivity index (χ0v) is 13.7. The summed E-state index contributed by atoms with van der Waals surface area (Å²) in [5, 5.41) is 3.71. The van der Waals surface area contributed by atoms with E-state index in [1.807, 2.05) is 0 Å².